The molecule has 1 heterocycles. The normalized spacial score (nSPS) is 12.4. The van der Waals surface area contributed by atoms with Crippen molar-refractivity contribution in [2.24, 2.45) is 11.3 Å². The minimum atomic E-state index is -0.114. The SMILES string of the molecule is Cc1c(NN)nc(C(C)(C)C)nc1NCC(C)(C)C. The van der Waals surface area contributed by atoms with Gasteiger partial charge in [0.15, 0.2) is 0 Å². The molecule has 0 fully saturated rings. The van der Waals surface area contributed by atoms with Gasteiger partial charge in [0.2, 0.25) is 0 Å². The number of nitrogens with two attached hydrogens (primary N) is 1. The van der Waals surface area contributed by atoms with Crippen LogP contribution in [0.5, 0.6) is 0 Å². The Kier molecular flexibility index (Phi) is 4.40. The highest BCUT2D eigenvalue weighted by Crippen LogP contribution is 2.26. The Bertz CT molecular complexity index is 440. The van der Waals surface area contributed by atoms with Crippen LogP contribution >= 0.6 is 0 Å². The smallest absolute Gasteiger partial charge is 0.148 e. The number of hydrogen-bond donors (Lipinski definition) is 3. The van der Waals surface area contributed by atoms with Crippen LogP contribution in [-0.4, -0.2) is 16.5 Å². The first-order chi connectivity index (χ1) is 8.54. The summed E-state index contributed by atoms with van der Waals surface area (Å²) in [7, 11) is 0. The van der Waals surface area contributed by atoms with Crippen LogP contribution in [0.2, 0.25) is 0 Å². The van der Waals surface area contributed by atoms with Gasteiger partial charge in [-0.2, -0.15) is 0 Å². The molecule has 5 heteroatoms. The molecule has 1 rings (SSSR count). The van der Waals surface area contributed by atoms with Crippen LogP contribution in [0.4, 0.5) is 11.6 Å². The van der Waals surface area contributed by atoms with Crippen LogP contribution < -0.4 is 16.6 Å². The molecule has 0 saturated heterocycles. The molecular weight excluding hydrogens is 238 g/mol. The summed E-state index contributed by atoms with van der Waals surface area (Å²) < 4.78 is 0. The minimum Gasteiger partial charge on any atom is -0.369 e. The fraction of sp³-hybridized carbons (Fsp3) is 0.714. The molecular formula is C14H27N5. The molecule has 108 valence electrons. The zero-order chi connectivity index (χ0) is 14.8. The molecule has 0 bridgehead atoms. The van der Waals surface area contributed by atoms with Crippen molar-refractivity contribution in [3.8, 4) is 0 Å². The number of nitrogens with one attached hydrogen (secondary N) is 2. The van der Waals surface area contributed by atoms with E-state index in [4.69, 9.17) is 5.84 Å². The average molecular weight is 265 g/mol. The predicted molar refractivity (Wildman–Crippen MR) is 81.2 cm³/mol. The Morgan fingerprint density at radius 1 is 1.00 bits per heavy atom. The molecule has 0 saturated carbocycles. The third-order valence-corrected chi connectivity index (χ3v) is 2.74. The van der Waals surface area contributed by atoms with Gasteiger partial charge in [-0.1, -0.05) is 41.5 Å². The van der Waals surface area contributed by atoms with E-state index in [1.165, 1.54) is 0 Å². The van der Waals surface area contributed by atoms with Crippen molar-refractivity contribution in [1.82, 2.24) is 9.97 Å². The van der Waals surface area contributed by atoms with E-state index in [1.807, 2.05) is 6.92 Å². The topological polar surface area (TPSA) is 75.9 Å². The summed E-state index contributed by atoms with van der Waals surface area (Å²) in [5, 5.41) is 3.39. The van der Waals surface area contributed by atoms with Crippen molar-refractivity contribution in [3.63, 3.8) is 0 Å². The molecule has 1 aromatic heterocycles. The lowest BCUT2D eigenvalue weighted by molar-refractivity contribution is 0.442. The van der Waals surface area contributed by atoms with E-state index >= 15 is 0 Å². The van der Waals surface area contributed by atoms with Gasteiger partial charge in [-0.15, -0.1) is 0 Å². The maximum atomic E-state index is 5.55. The molecule has 0 aliphatic carbocycles. The van der Waals surface area contributed by atoms with E-state index in [0.29, 0.717) is 5.82 Å². The van der Waals surface area contributed by atoms with E-state index < -0.39 is 0 Å². The van der Waals surface area contributed by atoms with Gasteiger partial charge in [0.05, 0.1) is 0 Å². The summed E-state index contributed by atoms with van der Waals surface area (Å²) in [6.07, 6.45) is 0. The van der Waals surface area contributed by atoms with Gasteiger partial charge in [0.25, 0.3) is 0 Å². The first-order valence-electron chi connectivity index (χ1n) is 6.64. The van der Waals surface area contributed by atoms with Crippen molar-refractivity contribution in [1.29, 1.82) is 0 Å². The molecule has 0 amide bonds. The van der Waals surface area contributed by atoms with Crippen LogP contribution in [0.1, 0.15) is 52.9 Å². The first kappa shape index (κ1) is 15.7. The van der Waals surface area contributed by atoms with Crippen LogP contribution in [0.15, 0.2) is 0 Å². The monoisotopic (exact) mass is 265 g/mol. The Hall–Kier alpha value is -1.36. The molecule has 0 aromatic carbocycles. The number of rotatable bonds is 3. The Morgan fingerprint density at radius 3 is 1.95 bits per heavy atom. The second-order valence-electron chi connectivity index (χ2n) is 7.18. The van der Waals surface area contributed by atoms with Gasteiger partial charge in [-0.05, 0) is 12.3 Å². The summed E-state index contributed by atoms with van der Waals surface area (Å²) in [6.45, 7) is 15.6. The summed E-state index contributed by atoms with van der Waals surface area (Å²) in [5.74, 6) is 7.85. The average Bonchev–Trinajstić information content (AvgIpc) is 2.25. The Labute approximate surface area is 116 Å². The lowest BCUT2D eigenvalue weighted by Gasteiger charge is -2.23. The molecule has 0 spiro atoms. The van der Waals surface area contributed by atoms with Gasteiger partial charge in [0, 0.05) is 17.5 Å². The largest absolute Gasteiger partial charge is 0.369 e. The molecule has 0 unspecified atom stereocenters. The molecule has 4 N–H and O–H groups in total. The van der Waals surface area contributed by atoms with Crippen LogP contribution in [0.3, 0.4) is 0 Å². The van der Waals surface area contributed by atoms with E-state index in [9.17, 15) is 0 Å². The summed E-state index contributed by atoms with van der Waals surface area (Å²) in [4.78, 5) is 9.12. The highest BCUT2D eigenvalue weighted by molar-refractivity contribution is 5.57. The fourth-order valence-electron chi connectivity index (χ4n) is 1.51. The number of nitrogen functional groups attached to an aromatic ring is 1. The maximum absolute atomic E-state index is 5.55. The van der Waals surface area contributed by atoms with Gasteiger partial charge in [-0.25, -0.2) is 15.8 Å². The fourth-order valence-corrected chi connectivity index (χ4v) is 1.51. The molecule has 0 aliphatic heterocycles. The van der Waals surface area contributed by atoms with E-state index in [0.717, 1.165) is 23.8 Å². The molecule has 0 radical (unpaired) electrons. The predicted octanol–water partition coefficient (Wildman–Crippen LogP) is 2.83. The van der Waals surface area contributed by atoms with E-state index in [2.05, 4.69) is 62.3 Å². The zero-order valence-corrected chi connectivity index (χ0v) is 13.2. The second kappa shape index (κ2) is 5.33. The van der Waals surface area contributed by atoms with E-state index in [-0.39, 0.29) is 10.8 Å². The highest BCUT2D eigenvalue weighted by Gasteiger charge is 2.21. The third kappa shape index (κ3) is 4.35. The third-order valence-electron chi connectivity index (χ3n) is 2.74. The number of nitrogens with zero attached hydrogens (tertiary/aromatic N) is 2. The maximum Gasteiger partial charge on any atom is 0.148 e. The van der Waals surface area contributed by atoms with Crippen molar-refractivity contribution in [2.75, 3.05) is 17.3 Å². The first-order valence-corrected chi connectivity index (χ1v) is 6.64. The molecule has 0 aliphatic rings. The minimum absolute atomic E-state index is 0.114. The second-order valence-corrected chi connectivity index (χ2v) is 7.18. The summed E-state index contributed by atoms with van der Waals surface area (Å²) in [5.41, 5.74) is 3.67. The Morgan fingerprint density at radius 2 is 1.53 bits per heavy atom. The number of aromatic nitrogens is 2. The molecule has 5 nitrogen and oxygen atoms in total. The lowest BCUT2D eigenvalue weighted by Crippen LogP contribution is -2.24. The quantitative estimate of drug-likeness (QED) is 0.579. The van der Waals surface area contributed by atoms with Gasteiger partial charge < -0.3 is 10.7 Å². The standard InChI is InChI=1S/C14H27N5/c1-9-10(16-8-13(2,3)4)17-12(14(5,6)7)18-11(9)19-15/h8,15H2,1-7H3,(H2,16,17,18,19). The van der Waals surface area contributed by atoms with Crippen molar-refractivity contribution in [2.45, 2.75) is 53.9 Å². The summed E-state index contributed by atoms with van der Waals surface area (Å²) >= 11 is 0. The van der Waals surface area contributed by atoms with Gasteiger partial charge in [0.1, 0.15) is 17.5 Å². The zero-order valence-electron chi connectivity index (χ0n) is 13.2. The van der Waals surface area contributed by atoms with Crippen LogP contribution in [0, 0.1) is 12.3 Å². The molecule has 19 heavy (non-hydrogen) atoms. The highest BCUT2D eigenvalue weighted by atomic mass is 15.3. The van der Waals surface area contributed by atoms with Crippen LogP contribution in [-0.2, 0) is 5.41 Å². The van der Waals surface area contributed by atoms with Crippen molar-refractivity contribution < 1.29 is 0 Å². The number of hydrazine groups is 1. The van der Waals surface area contributed by atoms with Crippen molar-refractivity contribution in [3.05, 3.63) is 11.4 Å². The lowest BCUT2D eigenvalue weighted by atomic mass is 9.95. The van der Waals surface area contributed by atoms with E-state index in [1.54, 1.807) is 0 Å². The number of anilines is 2. The van der Waals surface area contributed by atoms with Crippen molar-refractivity contribution >= 4 is 11.6 Å². The molecule has 1 aromatic rings. The molecule has 0 atom stereocenters. The van der Waals surface area contributed by atoms with Gasteiger partial charge in [-0.3, -0.25) is 0 Å². The summed E-state index contributed by atoms with van der Waals surface area (Å²) in [6, 6.07) is 0. The van der Waals surface area contributed by atoms with Crippen LogP contribution in [0.25, 0.3) is 0 Å². The number of hydrogen-bond acceptors (Lipinski definition) is 5. The Balaban J connectivity index is 3.15. The van der Waals surface area contributed by atoms with Gasteiger partial charge >= 0.3 is 0 Å².